The minimum atomic E-state index is -0.322. The van der Waals surface area contributed by atoms with Crippen LogP contribution in [-0.4, -0.2) is 50.7 Å². The molecule has 7 nitrogen and oxygen atoms in total. The van der Waals surface area contributed by atoms with Crippen LogP contribution < -0.4 is 16.0 Å². The van der Waals surface area contributed by atoms with Crippen LogP contribution in [0.15, 0.2) is 12.3 Å². The highest BCUT2D eigenvalue weighted by Gasteiger charge is 2.09. The molecule has 1 heterocycles. The minimum absolute atomic E-state index is 0.144. The van der Waals surface area contributed by atoms with Gasteiger partial charge in [-0.2, -0.15) is 0 Å². The third kappa shape index (κ3) is 5.97. The second kappa shape index (κ2) is 9.15. The molecule has 2 amide bonds. The van der Waals surface area contributed by atoms with Gasteiger partial charge in [0.25, 0.3) is 5.91 Å². The van der Waals surface area contributed by atoms with Crippen molar-refractivity contribution in [3.63, 3.8) is 0 Å². The second-order valence-electron chi connectivity index (χ2n) is 4.15. The Bertz CT molecular complexity index is 496. The number of aromatic nitrogens is 1. The van der Waals surface area contributed by atoms with Crippen LogP contribution in [-0.2, 0) is 9.53 Å². The summed E-state index contributed by atoms with van der Waals surface area (Å²) in [6.45, 7) is 1.15. The number of anilines is 1. The predicted molar refractivity (Wildman–Crippen MR) is 80.6 cm³/mol. The summed E-state index contributed by atoms with van der Waals surface area (Å²) < 4.78 is 4.81. The summed E-state index contributed by atoms with van der Waals surface area (Å²) in [5.41, 5.74) is 0.346. The molecule has 21 heavy (non-hydrogen) atoms. The first-order valence-electron chi connectivity index (χ1n) is 6.45. The Hall–Kier alpha value is -1.86. The lowest BCUT2D eigenvalue weighted by atomic mass is 10.2. The summed E-state index contributed by atoms with van der Waals surface area (Å²) >= 11 is 5.95. The summed E-state index contributed by atoms with van der Waals surface area (Å²) in [5, 5.41) is 8.47. The van der Waals surface area contributed by atoms with Crippen molar-refractivity contribution in [1.29, 1.82) is 0 Å². The molecule has 8 heteroatoms. The number of carbonyl (C=O) groups is 2. The Balaban J connectivity index is 2.37. The van der Waals surface area contributed by atoms with Crippen molar-refractivity contribution in [1.82, 2.24) is 15.6 Å². The van der Waals surface area contributed by atoms with Gasteiger partial charge in [0.1, 0.15) is 5.82 Å². The number of amides is 2. The van der Waals surface area contributed by atoms with Gasteiger partial charge >= 0.3 is 0 Å². The zero-order valence-electron chi connectivity index (χ0n) is 12.0. The van der Waals surface area contributed by atoms with E-state index in [0.717, 1.165) is 0 Å². The number of halogens is 1. The number of ether oxygens (including phenoxy) is 1. The average Bonchev–Trinajstić information content (AvgIpc) is 2.47. The zero-order chi connectivity index (χ0) is 15.7. The maximum atomic E-state index is 11.9. The number of rotatable bonds is 8. The molecule has 0 atom stereocenters. The van der Waals surface area contributed by atoms with Crippen LogP contribution in [0, 0.1) is 0 Å². The first-order valence-corrected chi connectivity index (χ1v) is 6.83. The highest BCUT2D eigenvalue weighted by molar-refractivity contribution is 6.33. The highest BCUT2D eigenvalue weighted by atomic mass is 35.5. The summed E-state index contributed by atoms with van der Waals surface area (Å²) in [7, 11) is 3.25. The summed E-state index contributed by atoms with van der Waals surface area (Å²) in [6, 6.07) is 1.52. The number of nitrogens with zero attached hydrogens (tertiary/aromatic N) is 1. The number of methoxy groups -OCH3 is 1. The SMILES string of the molecule is CNc1ncc(C(=O)NCCC(=O)NCCOC)cc1Cl. The van der Waals surface area contributed by atoms with Gasteiger partial charge in [0.2, 0.25) is 5.91 Å². The Morgan fingerprint density at radius 2 is 2.10 bits per heavy atom. The van der Waals surface area contributed by atoms with E-state index in [9.17, 15) is 9.59 Å². The maximum Gasteiger partial charge on any atom is 0.252 e. The smallest absolute Gasteiger partial charge is 0.252 e. The topological polar surface area (TPSA) is 92.4 Å². The molecule has 0 aliphatic rings. The van der Waals surface area contributed by atoms with Crippen molar-refractivity contribution in [3.8, 4) is 0 Å². The van der Waals surface area contributed by atoms with Crippen molar-refractivity contribution in [2.24, 2.45) is 0 Å². The van der Waals surface area contributed by atoms with Crippen LogP contribution in [0.25, 0.3) is 0 Å². The van der Waals surface area contributed by atoms with Gasteiger partial charge in [0.15, 0.2) is 0 Å². The number of hydrogen-bond acceptors (Lipinski definition) is 5. The summed E-state index contributed by atoms with van der Waals surface area (Å²) in [6.07, 6.45) is 1.62. The highest BCUT2D eigenvalue weighted by Crippen LogP contribution is 2.19. The lowest BCUT2D eigenvalue weighted by Crippen LogP contribution is -2.32. The second-order valence-corrected chi connectivity index (χ2v) is 4.56. The predicted octanol–water partition coefficient (Wildman–Crippen LogP) is 0.659. The molecule has 1 rings (SSSR count). The molecular formula is C13H19ClN4O3. The first-order chi connectivity index (χ1) is 10.1. The molecule has 0 aromatic carbocycles. The number of carbonyl (C=O) groups excluding carboxylic acids is 2. The largest absolute Gasteiger partial charge is 0.383 e. The van der Waals surface area contributed by atoms with Gasteiger partial charge in [0, 0.05) is 39.9 Å². The van der Waals surface area contributed by atoms with Gasteiger partial charge in [-0.3, -0.25) is 9.59 Å². The fraction of sp³-hybridized carbons (Fsp3) is 0.462. The van der Waals surface area contributed by atoms with Crippen LogP contribution in [0.1, 0.15) is 16.8 Å². The molecule has 0 bridgehead atoms. The molecule has 0 saturated heterocycles. The van der Waals surface area contributed by atoms with E-state index in [0.29, 0.717) is 29.6 Å². The van der Waals surface area contributed by atoms with E-state index in [1.807, 2.05) is 0 Å². The average molecular weight is 315 g/mol. The van der Waals surface area contributed by atoms with Crippen LogP contribution >= 0.6 is 11.6 Å². The van der Waals surface area contributed by atoms with E-state index in [1.165, 1.54) is 12.3 Å². The standard InChI is InChI=1S/C13H19ClN4O3/c1-15-12-10(14)7-9(8-18-12)13(20)17-4-3-11(19)16-5-6-21-2/h7-8H,3-6H2,1-2H3,(H,15,18)(H,16,19)(H,17,20). The minimum Gasteiger partial charge on any atom is -0.383 e. The van der Waals surface area contributed by atoms with Gasteiger partial charge in [-0.25, -0.2) is 4.98 Å². The van der Waals surface area contributed by atoms with Crippen molar-refractivity contribution in [2.75, 3.05) is 39.2 Å². The van der Waals surface area contributed by atoms with E-state index < -0.39 is 0 Å². The van der Waals surface area contributed by atoms with Crippen molar-refractivity contribution < 1.29 is 14.3 Å². The monoisotopic (exact) mass is 314 g/mol. The molecule has 1 aromatic rings. The quantitative estimate of drug-likeness (QED) is 0.613. The van der Waals surface area contributed by atoms with Gasteiger partial charge in [0.05, 0.1) is 17.2 Å². The van der Waals surface area contributed by atoms with Crippen molar-refractivity contribution >= 4 is 29.2 Å². The molecule has 0 unspecified atom stereocenters. The summed E-state index contributed by atoms with van der Waals surface area (Å²) in [4.78, 5) is 27.3. The van der Waals surface area contributed by atoms with E-state index in [-0.39, 0.29) is 24.8 Å². The van der Waals surface area contributed by atoms with Gasteiger partial charge in [-0.1, -0.05) is 11.6 Å². The number of pyridine rings is 1. The summed E-state index contributed by atoms with van der Waals surface area (Å²) in [5.74, 6) is 0.0384. The van der Waals surface area contributed by atoms with E-state index in [1.54, 1.807) is 14.2 Å². The zero-order valence-corrected chi connectivity index (χ0v) is 12.8. The van der Waals surface area contributed by atoms with Gasteiger partial charge < -0.3 is 20.7 Å². The molecule has 0 fully saturated rings. The molecule has 0 saturated carbocycles. The first kappa shape index (κ1) is 17.2. The Morgan fingerprint density at radius 3 is 2.71 bits per heavy atom. The maximum absolute atomic E-state index is 11.9. The molecule has 0 radical (unpaired) electrons. The van der Waals surface area contributed by atoms with Crippen LogP contribution in [0.5, 0.6) is 0 Å². The molecule has 0 aliphatic carbocycles. The molecule has 3 N–H and O–H groups in total. The molecule has 0 aliphatic heterocycles. The van der Waals surface area contributed by atoms with Crippen LogP contribution in [0.3, 0.4) is 0 Å². The number of hydrogen-bond donors (Lipinski definition) is 3. The third-order valence-corrected chi connectivity index (χ3v) is 2.89. The van der Waals surface area contributed by atoms with Crippen molar-refractivity contribution in [2.45, 2.75) is 6.42 Å². The van der Waals surface area contributed by atoms with Crippen molar-refractivity contribution in [3.05, 3.63) is 22.8 Å². The fourth-order valence-corrected chi connectivity index (χ4v) is 1.78. The molecular weight excluding hydrogens is 296 g/mol. The molecule has 116 valence electrons. The van der Waals surface area contributed by atoms with E-state index in [2.05, 4.69) is 20.9 Å². The van der Waals surface area contributed by atoms with E-state index in [4.69, 9.17) is 16.3 Å². The molecule has 1 aromatic heterocycles. The van der Waals surface area contributed by atoms with Gasteiger partial charge in [-0.05, 0) is 6.07 Å². The van der Waals surface area contributed by atoms with Crippen LogP contribution in [0.4, 0.5) is 5.82 Å². The normalized spacial score (nSPS) is 10.0. The Kier molecular flexibility index (Phi) is 7.49. The third-order valence-electron chi connectivity index (χ3n) is 2.61. The lowest BCUT2D eigenvalue weighted by Gasteiger charge is -2.07. The Labute approximate surface area is 128 Å². The Morgan fingerprint density at radius 1 is 1.33 bits per heavy atom. The van der Waals surface area contributed by atoms with Gasteiger partial charge in [-0.15, -0.1) is 0 Å². The lowest BCUT2D eigenvalue weighted by molar-refractivity contribution is -0.121. The van der Waals surface area contributed by atoms with E-state index >= 15 is 0 Å². The fourth-order valence-electron chi connectivity index (χ4n) is 1.52. The number of nitrogens with one attached hydrogen (secondary N) is 3. The molecule has 0 spiro atoms. The van der Waals surface area contributed by atoms with Crippen LogP contribution in [0.2, 0.25) is 5.02 Å².